The Balaban J connectivity index is 2.11. The lowest BCUT2D eigenvalue weighted by molar-refractivity contribution is 0.102. The molecular weight excluding hydrogens is 226 g/mol. The number of carbonyl (C=O) groups excluding carboxylic acids is 1. The highest BCUT2D eigenvalue weighted by Gasteiger charge is 2.06. The van der Waals surface area contributed by atoms with Crippen molar-refractivity contribution in [3.8, 4) is 0 Å². The highest BCUT2D eigenvalue weighted by molar-refractivity contribution is 6.04. The summed E-state index contributed by atoms with van der Waals surface area (Å²) in [7, 11) is 1.85. The van der Waals surface area contributed by atoms with E-state index in [1.165, 1.54) is 0 Å². The molecule has 2 N–H and O–H groups in total. The van der Waals surface area contributed by atoms with Gasteiger partial charge in [-0.1, -0.05) is 18.2 Å². The van der Waals surface area contributed by atoms with Gasteiger partial charge in [-0.3, -0.25) is 9.78 Å². The summed E-state index contributed by atoms with van der Waals surface area (Å²) < 4.78 is 0. The number of pyridine rings is 1. The molecule has 0 aliphatic heterocycles. The number of aromatic nitrogens is 1. The molecule has 2 rings (SSSR count). The zero-order valence-electron chi connectivity index (χ0n) is 10.2. The van der Waals surface area contributed by atoms with Gasteiger partial charge >= 0.3 is 0 Å². The van der Waals surface area contributed by atoms with Crippen LogP contribution in [0.5, 0.6) is 0 Å². The number of hydrogen-bond donors (Lipinski definition) is 2. The van der Waals surface area contributed by atoms with Gasteiger partial charge in [-0.15, -0.1) is 0 Å². The Morgan fingerprint density at radius 1 is 1.22 bits per heavy atom. The minimum absolute atomic E-state index is 0.124. The number of hydrogen-bond acceptors (Lipinski definition) is 3. The Morgan fingerprint density at radius 3 is 2.72 bits per heavy atom. The Morgan fingerprint density at radius 2 is 2.00 bits per heavy atom. The maximum absolute atomic E-state index is 12.0. The molecule has 1 heterocycles. The van der Waals surface area contributed by atoms with Crippen molar-refractivity contribution in [1.29, 1.82) is 0 Å². The predicted molar refractivity (Wildman–Crippen MR) is 71.4 cm³/mol. The van der Waals surface area contributed by atoms with Crippen LogP contribution in [-0.4, -0.2) is 17.9 Å². The topological polar surface area (TPSA) is 54.0 Å². The Hall–Kier alpha value is -2.20. The molecule has 0 atom stereocenters. The first kappa shape index (κ1) is 12.3. The second kappa shape index (κ2) is 5.93. The number of para-hydroxylation sites is 1. The van der Waals surface area contributed by atoms with E-state index in [2.05, 4.69) is 15.6 Å². The minimum atomic E-state index is -0.124. The Bertz CT molecular complexity index is 526. The molecule has 0 fully saturated rings. The maximum Gasteiger partial charge on any atom is 0.255 e. The second-order valence-corrected chi connectivity index (χ2v) is 3.89. The van der Waals surface area contributed by atoms with Crippen LogP contribution in [0.2, 0.25) is 0 Å². The summed E-state index contributed by atoms with van der Waals surface area (Å²) in [6, 6.07) is 12.9. The van der Waals surface area contributed by atoms with Gasteiger partial charge in [0, 0.05) is 24.0 Å². The summed E-state index contributed by atoms with van der Waals surface area (Å²) in [6.45, 7) is 0.645. The van der Waals surface area contributed by atoms with Crippen LogP contribution in [0.1, 0.15) is 16.1 Å². The first-order valence-corrected chi connectivity index (χ1v) is 5.75. The van der Waals surface area contributed by atoms with Crippen molar-refractivity contribution in [3.63, 3.8) is 0 Å². The van der Waals surface area contributed by atoms with Crippen molar-refractivity contribution >= 4 is 11.6 Å². The lowest BCUT2D eigenvalue weighted by Crippen LogP contribution is -2.13. The lowest BCUT2D eigenvalue weighted by Gasteiger charge is -2.06. The van der Waals surface area contributed by atoms with Crippen molar-refractivity contribution < 1.29 is 4.79 Å². The quantitative estimate of drug-likeness (QED) is 0.861. The third kappa shape index (κ3) is 3.15. The van der Waals surface area contributed by atoms with Crippen LogP contribution >= 0.6 is 0 Å². The van der Waals surface area contributed by atoms with Crippen LogP contribution in [-0.2, 0) is 6.54 Å². The minimum Gasteiger partial charge on any atom is -0.322 e. The molecule has 0 saturated carbocycles. The van der Waals surface area contributed by atoms with E-state index in [1.54, 1.807) is 18.3 Å². The van der Waals surface area contributed by atoms with Gasteiger partial charge in [-0.2, -0.15) is 0 Å². The molecule has 0 aliphatic rings. The number of nitrogens with one attached hydrogen (secondary N) is 2. The fraction of sp³-hybridized carbons (Fsp3) is 0.143. The number of benzene rings is 1. The smallest absolute Gasteiger partial charge is 0.255 e. The van der Waals surface area contributed by atoms with Crippen molar-refractivity contribution in [2.45, 2.75) is 6.54 Å². The van der Waals surface area contributed by atoms with E-state index in [9.17, 15) is 4.79 Å². The Kier molecular flexibility index (Phi) is 4.04. The lowest BCUT2D eigenvalue weighted by atomic mass is 10.2. The van der Waals surface area contributed by atoms with Crippen LogP contribution in [0, 0.1) is 0 Å². The van der Waals surface area contributed by atoms with Gasteiger partial charge in [-0.25, -0.2) is 0 Å². The number of carbonyl (C=O) groups is 1. The molecule has 0 saturated heterocycles. The van der Waals surface area contributed by atoms with Gasteiger partial charge in [0.2, 0.25) is 0 Å². The highest BCUT2D eigenvalue weighted by Crippen LogP contribution is 2.09. The molecule has 18 heavy (non-hydrogen) atoms. The van der Waals surface area contributed by atoms with Crippen molar-refractivity contribution in [3.05, 3.63) is 59.9 Å². The van der Waals surface area contributed by atoms with Crippen LogP contribution < -0.4 is 10.6 Å². The number of anilines is 1. The molecular formula is C14H15N3O. The van der Waals surface area contributed by atoms with Gasteiger partial charge in [0.25, 0.3) is 5.91 Å². The third-order valence-corrected chi connectivity index (χ3v) is 2.47. The van der Waals surface area contributed by atoms with E-state index in [0.717, 1.165) is 11.4 Å². The summed E-state index contributed by atoms with van der Waals surface area (Å²) in [5, 5.41) is 5.85. The van der Waals surface area contributed by atoms with Crippen LogP contribution in [0.3, 0.4) is 0 Å². The number of rotatable bonds is 4. The zero-order chi connectivity index (χ0) is 12.8. The van der Waals surface area contributed by atoms with E-state index in [1.807, 2.05) is 37.4 Å². The predicted octanol–water partition coefficient (Wildman–Crippen LogP) is 2.05. The van der Waals surface area contributed by atoms with Crippen molar-refractivity contribution in [2.24, 2.45) is 0 Å². The number of amides is 1. The summed E-state index contributed by atoms with van der Waals surface area (Å²) in [5.41, 5.74) is 2.24. The molecule has 1 amide bonds. The normalized spacial score (nSPS) is 10.1. The molecule has 2 aromatic rings. The van der Waals surface area contributed by atoms with Crippen LogP contribution in [0.15, 0.2) is 48.7 Å². The molecule has 0 radical (unpaired) electrons. The van der Waals surface area contributed by atoms with E-state index < -0.39 is 0 Å². The van der Waals surface area contributed by atoms with Crippen LogP contribution in [0.25, 0.3) is 0 Å². The first-order chi connectivity index (χ1) is 8.79. The third-order valence-electron chi connectivity index (χ3n) is 2.47. The molecule has 0 bridgehead atoms. The van der Waals surface area contributed by atoms with Gasteiger partial charge in [-0.05, 0) is 31.3 Å². The Labute approximate surface area is 106 Å². The first-order valence-electron chi connectivity index (χ1n) is 5.75. The van der Waals surface area contributed by atoms with E-state index in [4.69, 9.17) is 0 Å². The fourth-order valence-electron chi connectivity index (χ4n) is 1.62. The van der Waals surface area contributed by atoms with E-state index in [0.29, 0.717) is 12.1 Å². The maximum atomic E-state index is 12.0. The van der Waals surface area contributed by atoms with E-state index >= 15 is 0 Å². The largest absolute Gasteiger partial charge is 0.322 e. The highest BCUT2D eigenvalue weighted by atomic mass is 16.1. The van der Waals surface area contributed by atoms with Crippen molar-refractivity contribution in [2.75, 3.05) is 12.4 Å². The molecule has 0 unspecified atom stereocenters. The van der Waals surface area contributed by atoms with E-state index in [-0.39, 0.29) is 5.91 Å². The van der Waals surface area contributed by atoms with Gasteiger partial charge in [0.05, 0.1) is 5.69 Å². The molecule has 0 spiro atoms. The summed E-state index contributed by atoms with van der Waals surface area (Å²) in [4.78, 5) is 16.2. The monoisotopic (exact) mass is 241 g/mol. The molecule has 92 valence electrons. The second-order valence-electron chi connectivity index (χ2n) is 3.89. The van der Waals surface area contributed by atoms with Gasteiger partial charge in [0.1, 0.15) is 0 Å². The van der Waals surface area contributed by atoms with Gasteiger partial charge < -0.3 is 10.6 Å². The molecule has 0 aliphatic carbocycles. The molecule has 4 heteroatoms. The molecule has 4 nitrogen and oxygen atoms in total. The standard InChI is InChI=1S/C14H15N3O/c1-15-10-13-9-11(7-8-16-13)14(18)17-12-5-3-2-4-6-12/h2-9,15H,10H2,1H3,(H,17,18). The fourth-order valence-corrected chi connectivity index (χ4v) is 1.62. The molecule has 1 aromatic heterocycles. The summed E-state index contributed by atoms with van der Waals surface area (Å²) in [6.07, 6.45) is 1.65. The zero-order valence-corrected chi connectivity index (χ0v) is 10.2. The average Bonchev–Trinajstić information content (AvgIpc) is 2.40. The SMILES string of the molecule is CNCc1cc(C(=O)Nc2ccccc2)ccn1. The number of nitrogens with zero attached hydrogens (tertiary/aromatic N) is 1. The van der Waals surface area contributed by atoms with Crippen LogP contribution in [0.4, 0.5) is 5.69 Å². The van der Waals surface area contributed by atoms with Crippen molar-refractivity contribution in [1.82, 2.24) is 10.3 Å². The summed E-state index contributed by atoms with van der Waals surface area (Å²) in [5.74, 6) is -0.124. The van der Waals surface area contributed by atoms with Gasteiger partial charge in [0.15, 0.2) is 0 Å². The molecule has 1 aromatic carbocycles. The average molecular weight is 241 g/mol. The summed E-state index contributed by atoms with van der Waals surface area (Å²) >= 11 is 0.